The lowest BCUT2D eigenvalue weighted by Crippen LogP contribution is -1.66. The van der Waals surface area contributed by atoms with Gasteiger partial charge in [-0.15, -0.1) is 22.7 Å². The Morgan fingerprint density at radius 3 is 2.55 bits per heavy atom. The lowest BCUT2D eigenvalue weighted by Gasteiger charge is -1.91. The van der Waals surface area contributed by atoms with E-state index in [0.29, 0.717) is 0 Å². The molecule has 0 bridgehead atoms. The molecule has 0 radical (unpaired) electrons. The van der Waals surface area contributed by atoms with Crippen LogP contribution in [0, 0.1) is 6.92 Å². The minimum absolute atomic E-state index is 1.38. The Labute approximate surface area is 74.1 Å². The Morgan fingerprint density at radius 1 is 1.09 bits per heavy atom. The molecule has 0 N–H and O–H groups in total. The van der Waals surface area contributed by atoms with Gasteiger partial charge in [-0.25, -0.2) is 0 Å². The van der Waals surface area contributed by atoms with Crippen molar-refractivity contribution in [1.82, 2.24) is 0 Å². The molecule has 0 amide bonds. The highest BCUT2D eigenvalue weighted by molar-refractivity contribution is 7.14. The van der Waals surface area contributed by atoms with Crippen LogP contribution in [0.4, 0.5) is 0 Å². The molecule has 0 aliphatic heterocycles. The molecular weight excluding hydrogens is 172 g/mol. The van der Waals surface area contributed by atoms with Gasteiger partial charge in [0, 0.05) is 15.3 Å². The molecule has 56 valence electrons. The van der Waals surface area contributed by atoms with Gasteiger partial charge in [0.2, 0.25) is 0 Å². The molecule has 0 saturated carbocycles. The molecule has 0 saturated heterocycles. The fraction of sp³-hybridized carbons (Fsp3) is 0.111. The van der Waals surface area contributed by atoms with Crippen molar-refractivity contribution in [3.05, 3.63) is 33.8 Å². The van der Waals surface area contributed by atoms with Crippen molar-refractivity contribution in [1.29, 1.82) is 0 Å². The molecular formula is C9H8S2. The van der Waals surface area contributed by atoms with E-state index in [-0.39, 0.29) is 0 Å². The second-order valence-electron chi connectivity index (χ2n) is 2.37. The smallest absolute Gasteiger partial charge is 0.0353 e. The van der Waals surface area contributed by atoms with Crippen molar-refractivity contribution in [2.45, 2.75) is 6.92 Å². The number of hydrogen-bond donors (Lipinski definition) is 0. The topological polar surface area (TPSA) is 0 Å². The SMILES string of the molecule is Cc1sccc1-c1cccs1. The second-order valence-corrected chi connectivity index (χ2v) is 4.44. The molecule has 2 heteroatoms. The third-order valence-corrected chi connectivity index (χ3v) is 3.39. The molecule has 0 aliphatic rings. The first-order valence-corrected chi connectivity index (χ1v) is 5.22. The van der Waals surface area contributed by atoms with Crippen LogP contribution in [0.15, 0.2) is 29.0 Å². The normalized spacial score (nSPS) is 10.3. The Bertz CT molecular complexity index is 330. The van der Waals surface area contributed by atoms with Gasteiger partial charge < -0.3 is 0 Å². The Balaban J connectivity index is 2.53. The second kappa shape index (κ2) is 2.80. The summed E-state index contributed by atoms with van der Waals surface area (Å²) >= 11 is 3.61. The Morgan fingerprint density at radius 2 is 2.00 bits per heavy atom. The number of rotatable bonds is 1. The summed E-state index contributed by atoms with van der Waals surface area (Å²) in [6.45, 7) is 2.17. The summed E-state index contributed by atoms with van der Waals surface area (Å²) in [7, 11) is 0. The summed E-state index contributed by atoms with van der Waals surface area (Å²) in [5, 5.41) is 4.26. The van der Waals surface area contributed by atoms with Gasteiger partial charge >= 0.3 is 0 Å². The summed E-state index contributed by atoms with van der Waals surface area (Å²) in [5.41, 5.74) is 1.39. The summed E-state index contributed by atoms with van der Waals surface area (Å²) in [5.74, 6) is 0. The van der Waals surface area contributed by atoms with Crippen LogP contribution in [0.1, 0.15) is 4.88 Å². The summed E-state index contributed by atoms with van der Waals surface area (Å²) < 4.78 is 0. The first-order chi connectivity index (χ1) is 5.38. The number of hydrogen-bond acceptors (Lipinski definition) is 2. The minimum atomic E-state index is 1.38. The van der Waals surface area contributed by atoms with Crippen LogP contribution in [0.2, 0.25) is 0 Å². The van der Waals surface area contributed by atoms with Gasteiger partial charge in [-0.3, -0.25) is 0 Å². The standard InChI is InChI=1S/C9H8S2/c1-7-8(4-6-10-7)9-3-2-5-11-9/h2-6H,1H3. The zero-order valence-corrected chi connectivity index (χ0v) is 7.84. The van der Waals surface area contributed by atoms with E-state index in [1.54, 1.807) is 11.3 Å². The summed E-state index contributed by atoms with van der Waals surface area (Å²) in [6.07, 6.45) is 0. The fourth-order valence-corrected chi connectivity index (χ4v) is 2.66. The molecule has 2 rings (SSSR count). The lowest BCUT2D eigenvalue weighted by atomic mass is 10.2. The van der Waals surface area contributed by atoms with E-state index in [1.807, 2.05) is 11.3 Å². The molecule has 0 aromatic carbocycles. The maximum atomic E-state index is 2.19. The van der Waals surface area contributed by atoms with Gasteiger partial charge in [0.15, 0.2) is 0 Å². The van der Waals surface area contributed by atoms with Crippen LogP contribution in [0.3, 0.4) is 0 Å². The van der Waals surface area contributed by atoms with Crippen LogP contribution >= 0.6 is 22.7 Å². The van der Waals surface area contributed by atoms with Crippen molar-refractivity contribution in [3.8, 4) is 10.4 Å². The Hall–Kier alpha value is -0.600. The van der Waals surface area contributed by atoms with Gasteiger partial charge in [-0.1, -0.05) is 6.07 Å². The molecule has 0 nitrogen and oxygen atoms in total. The van der Waals surface area contributed by atoms with E-state index in [1.165, 1.54) is 15.3 Å². The minimum Gasteiger partial charge on any atom is -0.149 e. The van der Waals surface area contributed by atoms with Gasteiger partial charge in [-0.2, -0.15) is 0 Å². The molecule has 0 spiro atoms. The van der Waals surface area contributed by atoms with Crippen LogP contribution in [-0.2, 0) is 0 Å². The van der Waals surface area contributed by atoms with Crippen molar-refractivity contribution in [3.63, 3.8) is 0 Å². The largest absolute Gasteiger partial charge is 0.149 e. The van der Waals surface area contributed by atoms with Gasteiger partial charge in [-0.05, 0) is 29.8 Å². The van der Waals surface area contributed by atoms with E-state index in [4.69, 9.17) is 0 Å². The average molecular weight is 180 g/mol. The molecule has 2 aromatic rings. The summed E-state index contributed by atoms with van der Waals surface area (Å²) in [6, 6.07) is 6.45. The maximum absolute atomic E-state index is 2.19. The van der Waals surface area contributed by atoms with E-state index in [2.05, 4.69) is 35.9 Å². The van der Waals surface area contributed by atoms with Gasteiger partial charge in [0.05, 0.1) is 0 Å². The number of thiophene rings is 2. The first kappa shape index (κ1) is 7.07. The summed E-state index contributed by atoms with van der Waals surface area (Å²) in [4.78, 5) is 2.79. The van der Waals surface area contributed by atoms with Crippen molar-refractivity contribution in [2.75, 3.05) is 0 Å². The van der Waals surface area contributed by atoms with Crippen molar-refractivity contribution >= 4 is 22.7 Å². The van der Waals surface area contributed by atoms with E-state index < -0.39 is 0 Å². The molecule has 0 unspecified atom stereocenters. The first-order valence-electron chi connectivity index (χ1n) is 3.46. The highest BCUT2D eigenvalue weighted by atomic mass is 32.1. The predicted octanol–water partition coefficient (Wildman–Crippen LogP) is 3.79. The van der Waals surface area contributed by atoms with E-state index in [0.717, 1.165) is 0 Å². The van der Waals surface area contributed by atoms with Gasteiger partial charge in [0.1, 0.15) is 0 Å². The van der Waals surface area contributed by atoms with Crippen LogP contribution < -0.4 is 0 Å². The third kappa shape index (κ3) is 1.24. The quantitative estimate of drug-likeness (QED) is 0.626. The predicted molar refractivity (Wildman–Crippen MR) is 52.4 cm³/mol. The lowest BCUT2D eigenvalue weighted by molar-refractivity contribution is 1.63. The molecule has 2 heterocycles. The molecule has 0 fully saturated rings. The zero-order chi connectivity index (χ0) is 7.68. The van der Waals surface area contributed by atoms with Crippen LogP contribution in [0.25, 0.3) is 10.4 Å². The molecule has 11 heavy (non-hydrogen) atoms. The fourth-order valence-electron chi connectivity index (χ4n) is 1.07. The highest BCUT2D eigenvalue weighted by Gasteiger charge is 2.01. The monoisotopic (exact) mass is 180 g/mol. The molecule has 2 aromatic heterocycles. The van der Waals surface area contributed by atoms with Crippen molar-refractivity contribution in [2.24, 2.45) is 0 Å². The van der Waals surface area contributed by atoms with E-state index >= 15 is 0 Å². The van der Waals surface area contributed by atoms with Crippen LogP contribution in [0.5, 0.6) is 0 Å². The molecule has 0 atom stereocenters. The Kier molecular flexibility index (Phi) is 1.80. The average Bonchev–Trinajstić information content (AvgIpc) is 2.55. The maximum Gasteiger partial charge on any atom is 0.0353 e. The van der Waals surface area contributed by atoms with Crippen LogP contribution in [-0.4, -0.2) is 0 Å². The zero-order valence-electron chi connectivity index (χ0n) is 6.20. The third-order valence-electron chi connectivity index (χ3n) is 1.65. The van der Waals surface area contributed by atoms with Gasteiger partial charge in [0.25, 0.3) is 0 Å². The number of aryl methyl sites for hydroxylation is 1. The highest BCUT2D eigenvalue weighted by Crippen LogP contribution is 2.30. The van der Waals surface area contributed by atoms with E-state index in [9.17, 15) is 0 Å². The van der Waals surface area contributed by atoms with Crippen molar-refractivity contribution < 1.29 is 0 Å². The molecule has 0 aliphatic carbocycles.